The number of Topliss-reactive ketones (excluding diaryl/α,β-unsaturated/α-hetero) is 2. The van der Waals surface area contributed by atoms with Crippen LogP contribution in [0.15, 0.2) is 18.2 Å². The third-order valence-electron chi connectivity index (χ3n) is 4.63. The maximum Gasteiger partial charge on any atom is 0.262 e. The Kier molecular flexibility index (Phi) is 6.45. The van der Waals surface area contributed by atoms with Crippen molar-refractivity contribution in [3.63, 3.8) is 0 Å². The van der Waals surface area contributed by atoms with Gasteiger partial charge < -0.3 is 11.1 Å². The van der Waals surface area contributed by atoms with Crippen LogP contribution in [0.4, 0.5) is 0 Å². The van der Waals surface area contributed by atoms with Gasteiger partial charge >= 0.3 is 0 Å². The molecule has 1 saturated carbocycles. The van der Waals surface area contributed by atoms with Crippen LogP contribution in [0.2, 0.25) is 0 Å². The first-order valence-corrected chi connectivity index (χ1v) is 8.45. The van der Waals surface area contributed by atoms with Crippen molar-refractivity contribution in [3.8, 4) is 0 Å². The third kappa shape index (κ3) is 3.91. The fourth-order valence-electron chi connectivity index (χ4n) is 3.35. The summed E-state index contributed by atoms with van der Waals surface area (Å²) >= 11 is 0. The summed E-state index contributed by atoms with van der Waals surface area (Å²) in [7, 11) is 0. The predicted octanol–water partition coefficient (Wildman–Crippen LogP) is 0.360. The number of hydrogen-bond acceptors (Lipinski definition) is 6. The molecular weight excluding hydrogens is 374 g/mol. The highest BCUT2D eigenvalue weighted by molar-refractivity contribution is 6.24. The SMILES string of the molecule is Cl.NCCC(=O)NCc1cccc2c1C(=O)N(C1CCC(=O)CC1=O)C2=O. The van der Waals surface area contributed by atoms with Crippen molar-refractivity contribution < 1.29 is 24.0 Å². The summed E-state index contributed by atoms with van der Waals surface area (Å²) < 4.78 is 0. The molecule has 1 aromatic carbocycles. The minimum atomic E-state index is -0.903. The summed E-state index contributed by atoms with van der Waals surface area (Å²) in [6.45, 7) is 0.304. The van der Waals surface area contributed by atoms with E-state index in [9.17, 15) is 24.0 Å². The Hall–Kier alpha value is -2.58. The van der Waals surface area contributed by atoms with Crippen LogP contribution in [-0.2, 0) is 20.9 Å². The van der Waals surface area contributed by atoms with Crippen molar-refractivity contribution in [2.45, 2.75) is 38.3 Å². The van der Waals surface area contributed by atoms with Crippen molar-refractivity contribution >= 4 is 41.7 Å². The number of carbonyl (C=O) groups is 5. The van der Waals surface area contributed by atoms with E-state index >= 15 is 0 Å². The highest BCUT2D eigenvalue weighted by Crippen LogP contribution is 2.31. The number of imide groups is 1. The average Bonchev–Trinajstić information content (AvgIpc) is 2.85. The Bertz CT molecular complexity index is 823. The van der Waals surface area contributed by atoms with Gasteiger partial charge in [-0.25, -0.2) is 0 Å². The molecule has 1 atom stereocenters. The van der Waals surface area contributed by atoms with E-state index < -0.39 is 23.6 Å². The second kappa shape index (κ2) is 8.41. The zero-order valence-electron chi connectivity index (χ0n) is 14.5. The van der Waals surface area contributed by atoms with Crippen LogP contribution in [-0.4, -0.2) is 46.8 Å². The summed E-state index contributed by atoms with van der Waals surface area (Å²) in [5.74, 6) is -1.92. The zero-order chi connectivity index (χ0) is 18.8. The number of benzene rings is 1. The zero-order valence-corrected chi connectivity index (χ0v) is 15.3. The number of ketones is 2. The quantitative estimate of drug-likeness (QED) is 0.549. The summed E-state index contributed by atoms with van der Waals surface area (Å²) in [6.07, 6.45) is 0.246. The Morgan fingerprint density at radius 2 is 1.93 bits per heavy atom. The van der Waals surface area contributed by atoms with Crippen LogP contribution in [0.1, 0.15) is 52.0 Å². The van der Waals surface area contributed by atoms with E-state index in [0.29, 0.717) is 5.56 Å². The normalized spacial score (nSPS) is 19.0. The minimum Gasteiger partial charge on any atom is -0.352 e. The van der Waals surface area contributed by atoms with E-state index in [2.05, 4.69) is 5.32 Å². The van der Waals surface area contributed by atoms with Gasteiger partial charge in [0, 0.05) is 25.9 Å². The van der Waals surface area contributed by atoms with E-state index in [4.69, 9.17) is 5.73 Å². The van der Waals surface area contributed by atoms with Crippen molar-refractivity contribution in [2.24, 2.45) is 5.73 Å². The molecule has 0 bridgehead atoms. The Balaban J connectivity index is 0.00000261. The molecule has 1 aliphatic carbocycles. The van der Waals surface area contributed by atoms with Gasteiger partial charge in [-0.3, -0.25) is 28.9 Å². The minimum absolute atomic E-state index is 0. The molecule has 1 aliphatic heterocycles. The summed E-state index contributed by atoms with van der Waals surface area (Å²) in [5, 5.41) is 2.66. The lowest BCUT2D eigenvalue weighted by Crippen LogP contribution is -2.47. The van der Waals surface area contributed by atoms with Gasteiger partial charge in [0.1, 0.15) is 5.78 Å². The number of nitrogens with one attached hydrogen (secondary N) is 1. The van der Waals surface area contributed by atoms with E-state index in [1.54, 1.807) is 12.1 Å². The largest absolute Gasteiger partial charge is 0.352 e. The van der Waals surface area contributed by atoms with E-state index in [-0.39, 0.29) is 74.0 Å². The molecule has 2 aliphatic rings. The molecular formula is C18H20ClN3O5. The van der Waals surface area contributed by atoms with E-state index in [1.807, 2.05) is 0 Å². The maximum atomic E-state index is 12.9. The molecule has 3 rings (SSSR count). The molecule has 8 nitrogen and oxygen atoms in total. The van der Waals surface area contributed by atoms with Crippen molar-refractivity contribution in [3.05, 3.63) is 34.9 Å². The molecule has 1 heterocycles. The number of nitrogens with zero attached hydrogens (tertiary/aromatic N) is 1. The van der Waals surface area contributed by atoms with Gasteiger partial charge in [-0.15, -0.1) is 12.4 Å². The second-order valence-corrected chi connectivity index (χ2v) is 6.37. The topological polar surface area (TPSA) is 127 Å². The van der Waals surface area contributed by atoms with Gasteiger partial charge in [-0.2, -0.15) is 0 Å². The van der Waals surface area contributed by atoms with Crippen LogP contribution in [0, 0.1) is 0 Å². The Morgan fingerprint density at radius 1 is 1.19 bits per heavy atom. The molecule has 1 unspecified atom stereocenters. The first-order chi connectivity index (χ1) is 12.4. The molecule has 1 fully saturated rings. The molecule has 0 aromatic heterocycles. The number of fused-ring (bicyclic) bond motifs is 1. The highest BCUT2D eigenvalue weighted by Gasteiger charge is 2.45. The maximum absolute atomic E-state index is 12.9. The Morgan fingerprint density at radius 3 is 2.59 bits per heavy atom. The number of carbonyl (C=O) groups excluding carboxylic acids is 5. The summed E-state index contributed by atoms with van der Waals surface area (Å²) in [6, 6.07) is 3.91. The fourth-order valence-corrected chi connectivity index (χ4v) is 3.35. The standard InChI is InChI=1S/C18H19N3O5.ClH/c19-7-6-15(24)20-9-10-2-1-3-12-16(10)18(26)21(17(12)25)13-5-4-11(22)8-14(13)23;/h1-3,13H,4-9,19H2,(H,20,24);1H. The van der Waals surface area contributed by atoms with Crippen LogP contribution in [0.3, 0.4) is 0 Å². The predicted molar refractivity (Wildman–Crippen MR) is 97.4 cm³/mol. The number of hydrogen-bond donors (Lipinski definition) is 2. The van der Waals surface area contributed by atoms with Crippen molar-refractivity contribution in [1.82, 2.24) is 10.2 Å². The van der Waals surface area contributed by atoms with Crippen LogP contribution in [0.25, 0.3) is 0 Å². The first-order valence-electron chi connectivity index (χ1n) is 8.45. The molecule has 144 valence electrons. The fraction of sp³-hybridized carbons (Fsp3) is 0.389. The molecule has 0 radical (unpaired) electrons. The van der Waals surface area contributed by atoms with Crippen molar-refractivity contribution in [1.29, 1.82) is 0 Å². The Labute approximate surface area is 161 Å². The molecule has 9 heteroatoms. The lowest BCUT2D eigenvalue weighted by Gasteiger charge is -2.27. The van der Waals surface area contributed by atoms with E-state index in [0.717, 1.165) is 4.90 Å². The highest BCUT2D eigenvalue weighted by atomic mass is 35.5. The van der Waals surface area contributed by atoms with Gasteiger partial charge in [0.2, 0.25) is 5.91 Å². The smallest absolute Gasteiger partial charge is 0.262 e. The molecule has 27 heavy (non-hydrogen) atoms. The summed E-state index contributed by atoms with van der Waals surface area (Å²) in [5.41, 5.74) is 6.25. The third-order valence-corrected chi connectivity index (χ3v) is 4.63. The van der Waals surface area contributed by atoms with Crippen molar-refractivity contribution in [2.75, 3.05) is 6.54 Å². The molecule has 3 N–H and O–H groups in total. The summed E-state index contributed by atoms with van der Waals surface area (Å²) in [4.78, 5) is 61.7. The number of nitrogens with two attached hydrogens (primary N) is 1. The molecule has 1 aromatic rings. The lowest BCUT2D eigenvalue weighted by atomic mass is 9.92. The average molecular weight is 394 g/mol. The molecule has 3 amide bonds. The number of rotatable bonds is 5. The van der Waals surface area contributed by atoms with Gasteiger partial charge in [0.05, 0.1) is 23.6 Å². The van der Waals surface area contributed by atoms with Gasteiger partial charge in [-0.05, 0) is 18.1 Å². The van der Waals surface area contributed by atoms with Crippen LogP contribution < -0.4 is 11.1 Å². The molecule has 0 saturated heterocycles. The van der Waals surface area contributed by atoms with E-state index in [1.165, 1.54) is 6.07 Å². The van der Waals surface area contributed by atoms with Gasteiger partial charge in [0.15, 0.2) is 5.78 Å². The van der Waals surface area contributed by atoms with Gasteiger partial charge in [0.25, 0.3) is 11.8 Å². The lowest BCUT2D eigenvalue weighted by molar-refractivity contribution is -0.132. The monoisotopic (exact) mass is 393 g/mol. The second-order valence-electron chi connectivity index (χ2n) is 6.37. The number of amides is 3. The first kappa shape index (κ1) is 20.7. The number of halogens is 1. The molecule has 0 spiro atoms. The van der Waals surface area contributed by atoms with Gasteiger partial charge in [-0.1, -0.05) is 12.1 Å². The van der Waals surface area contributed by atoms with Crippen LogP contribution in [0.5, 0.6) is 0 Å². The van der Waals surface area contributed by atoms with Crippen LogP contribution >= 0.6 is 12.4 Å².